The lowest BCUT2D eigenvalue weighted by atomic mass is 9.82. The fourth-order valence-electron chi connectivity index (χ4n) is 12.4. The van der Waals surface area contributed by atoms with Crippen LogP contribution in [0.15, 0.2) is 249 Å². The number of hydrogen-bond donors (Lipinski definition) is 0. The van der Waals surface area contributed by atoms with Gasteiger partial charge in [0.2, 0.25) is 0 Å². The molecule has 0 saturated carbocycles. The molecule has 0 fully saturated rings. The molecule has 11 aromatic carbocycles. The normalized spacial score (nSPS) is 12.9. The van der Waals surface area contributed by atoms with Gasteiger partial charge in [-0.1, -0.05) is 172 Å². The van der Waals surface area contributed by atoms with Gasteiger partial charge in [0.1, 0.15) is 0 Å². The van der Waals surface area contributed by atoms with E-state index in [-0.39, 0.29) is 5.41 Å². The molecule has 0 radical (unpaired) electrons. The zero-order valence-electron chi connectivity index (χ0n) is 40.4. The molecule has 3 aromatic heterocycles. The summed E-state index contributed by atoms with van der Waals surface area (Å²) in [6.45, 7) is 4.75. The molecular weight excluding hydrogens is 903 g/mol. The van der Waals surface area contributed by atoms with Gasteiger partial charge in [-0.05, 0) is 130 Å². The highest BCUT2D eigenvalue weighted by Crippen LogP contribution is 2.56. The number of fused-ring (bicyclic) bond motifs is 12. The van der Waals surface area contributed by atoms with Crippen molar-refractivity contribution in [3.63, 3.8) is 0 Å². The summed E-state index contributed by atoms with van der Waals surface area (Å²) in [5.74, 6) is 0. The summed E-state index contributed by atoms with van der Waals surface area (Å²) in [7, 11) is 0. The minimum atomic E-state index is -0.154. The van der Waals surface area contributed by atoms with Crippen LogP contribution in [0.5, 0.6) is 0 Å². The minimum Gasteiger partial charge on any atom is -0.309 e. The molecule has 0 unspecified atom stereocenters. The van der Waals surface area contributed by atoms with Crippen LogP contribution in [-0.4, -0.2) is 9.13 Å². The van der Waals surface area contributed by atoms with Crippen LogP contribution in [0.3, 0.4) is 0 Å². The van der Waals surface area contributed by atoms with Crippen LogP contribution in [0.4, 0.5) is 17.1 Å². The predicted molar refractivity (Wildman–Crippen MR) is 311 cm³/mol. The topological polar surface area (TPSA) is 13.1 Å². The molecule has 4 heteroatoms. The Hall–Kier alpha value is -8.96. The SMILES string of the molecule is CC1(C)c2ccccc2-c2c(N(c3ccc(-c4cccc5c4c4ccccc4n5-c4ccccc4)cc3)c3cccc4sc5ccc(-c6ccc7c8ccccc8n(-c8ccccc8)c7c6)cc5c34)cccc21. The Morgan fingerprint density at radius 2 is 0.918 bits per heavy atom. The summed E-state index contributed by atoms with van der Waals surface area (Å²) < 4.78 is 7.35. The number of benzene rings is 11. The number of aromatic nitrogens is 2. The molecule has 0 bridgehead atoms. The first kappa shape index (κ1) is 41.8. The van der Waals surface area contributed by atoms with Crippen LogP contribution in [-0.2, 0) is 5.41 Å². The van der Waals surface area contributed by atoms with Gasteiger partial charge in [0.25, 0.3) is 0 Å². The van der Waals surface area contributed by atoms with Gasteiger partial charge in [-0.15, -0.1) is 11.3 Å². The molecule has 0 saturated heterocycles. The lowest BCUT2D eigenvalue weighted by molar-refractivity contribution is 0.660. The molecule has 73 heavy (non-hydrogen) atoms. The summed E-state index contributed by atoms with van der Waals surface area (Å²) in [6, 6.07) is 92.1. The molecule has 0 atom stereocenters. The van der Waals surface area contributed by atoms with Crippen molar-refractivity contribution < 1.29 is 0 Å². The van der Waals surface area contributed by atoms with E-state index in [1.807, 2.05) is 11.3 Å². The first-order valence-corrected chi connectivity index (χ1v) is 26.1. The second-order valence-corrected chi connectivity index (χ2v) is 21.1. The molecule has 1 aliphatic carbocycles. The second kappa shape index (κ2) is 16.0. The number of thiophene rings is 1. The number of anilines is 3. The van der Waals surface area contributed by atoms with Gasteiger partial charge in [-0.25, -0.2) is 0 Å². The smallest absolute Gasteiger partial charge is 0.0555 e. The first-order valence-electron chi connectivity index (χ1n) is 25.3. The van der Waals surface area contributed by atoms with Crippen LogP contribution in [0, 0.1) is 0 Å². The Bertz CT molecular complexity index is 4520. The van der Waals surface area contributed by atoms with Crippen LogP contribution in [0.1, 0.15) is 25.0 Å². The van der Waals surface area contributed by atoms with Gasteiger partial charge in [0.05, 0.1) is 33.4 Å². The third-order valence-electron chi connectivity index (χ3n) is 15.7. The quantitative estimate of drug-likeness (QED) is 0.155. The Balaban J connectivity index is 0.933. The van der Waals surface area contributed by atoms with Crippen molar-refractivity contribution in [3.8, 4) is 44.8 Å². The van der Waals surface area contributed by atoms with E-state index in [1.165, 1.54) is 114 Å². The maximum absolute atomic E-state index is 2.55. The van der Waals surface area contributed by atoms with E-state index in [0.717, 1.165) is 22.7 Å². The van der Waals surface area contributed by atoms with E-state index >= 15 is 0 Å². The summed E-state index contributed by atoms with van der Waals surface area (Å²) >= 11 is 1.88. The Morgan fingerprint density at radius 3 is 1.71 bits per heavy atom. The summed E-state index contributed by atoms with van der Waals surface area (Å²) in [5, 5.41) is 7.54. The van der Waals surface area contributed by atoms with Gasteiger partial charge in [0, 0.05) is 69.8 Å². The van der Waals surface area contributed by atoms with E-state index < -0.39 is 0 Å². The maximum atomic E-state index is 2.55. The van der Waals surface area contributed by atoms with E-state index in [1.54, 1.807) is 0 Å². The van der Waals surface area contributed by atoms with E-state index in [0.29, 0.717) is 0 Å². The molecule has 14 aromatic rings. The lowest BCUT2D eigenvalue weighted by Crippen LogP contribution is -2.16. The van der Waals surface area contributed by atoms with E-state index in [2.05, 4.69) is 277 Å². The predicted octanol–water partition coefficient (Wildman–Crippen LogP) is 19.4. The highest BCUT2D eigenvalue weighted by Gasteiger charge is 2.38. The highest BCUT2D eigenvalue weighted by atomic mass is 32.1. The average molecular weight is 950 g/mol. The molecule has 3 heterocycles. The maximum Gasteiger partial charge on any atom is 0.0555 e. The van der Waals surface area contributed by atoms with Crippen LogP contribution in [0.2, 0.25) is 0 Å². The molecule has 0 spiro atoms. The molecule has 344 valence electrons. The van der Waals surface area contributed by atoms with E-state index in [9.17, 15) is 0 Å². The molecular formula is C69H47N3S. The van der Waals surface area contributed by atoms with Crippen molar-refractivity contribution in [2.75, 3.05) is 4.90 Å². The Morgan fingerprint density at radius 1 is 0.356 bits per heavy atom. The number of rotatable bonds is 7. The van der Waals surface area contributed by atoms with Crippen LogP contribution in [0.25, 0.3) is 109 Å². The average Bonchev–Trinajstić information content (AvgIpc) is 4.17. The van der Waals surface area contributed by atoms with Crippen molar-refractivity contribution in [2.24, 2.45) is 0 Å². The van der Waals surface area contributed by atoms with Gasteiger partial charge >= 0.3 is 0 Å². The van der Waals surface area contributed by atoms with Crippen molar-refractivity contribution >= 4 is 92.2 Å². The highest BCUT2D eigenvalue weighted by molar-refractivity contribution is 7.26. The largest absolute Gasteiger partial charge is 0.309 e. The minimum absolute atomic E-state index is 0.154. The summed E-state index contributed by atoms with van der Waals surface area (Å²) in [4.78, 5) is 2.55. The Labute approximate surface area is 427 Å². The van der Waals surface area contributed by atoms with Gasteiger partial charge < -0.3 is 14.0 Å². The fraction of sp³-hybridized carbons (Fsp3) is 0.0435. The van der Waals surface area contributed by atoms with Crippen molar-refractivity contribution in [3.05, 3.63) is 260 Å². The molecule has 3 nitrogen and oxygen atoms in total. The third kappa shape index (κ3) is 6.24. The lowest BCUT2D eigenvalue weighted by Gasteiger charge is -2.29. The van der Waals surface area contributed by atoms with Crippen molar-refractivity contribution in [1.29, 1.82) is 0 Å². The second-order valence-electron chi connectivity index (χ2n) is 20.0. The van der Waals surface area contributed by atoms with Gasteiger partial charge in [-0.2, -0.15) is 0 Å². The summed E-state index contributed by atoms with van der Waals surface area (Å²) in [6.07, 6.45) is 0. The Kier molecular flexibility index (Phi) is 9.17. The molecule has 0 aliphatic heterocycles. The first-order chi connectivity index (χ1) is 36.0. The standard InChI is InChI=1S/C69H47N3S/c1-69(2)56-26-12-9-23-53(56)67-57(69)27-16-31-61(67)72(49-38-34-44(35-39-49)50-25-15-30-60-66(50)54-24-11-14-29-59(54)70(60)47-18-5-3-6-19-47)62-32-17-33-65-68(62)55-42-45(37-41-64(55)73-65)46-36-40-52-51-22-10-13-28-58(51)71(63(52)43-46)48-20-7-4-8-21-48/h3-43H,1-2H3. The van der Waals surface area contributed by atoms with Gasteiger partial charge in [0.15, 0.2) is 0 Å². The zero-order chi connectivity index (χ0) is 48.4. The van der Waals surface area contributed by atoms with Crippen LogP contribution < -0.4 is 4.90 Å². The van der Waals surface area contributed by atoms with Crippen molar-refractivity contribution in [2.45, 2.75) is 19.3 Å². The van der Waals surface area contributed by atoms with Crippen molar-refractivity contribution in [1.82, 2.24) is 9.13 Å². The van der Waals surface area contributed by atoms with E-state index in [4.69, 9.17) is 0 Å². The molecule has 15 rings (SSSR count). The third-order valence-corrected chi connectivity index (χ3v) is 16.8. The molecule has 0 amide bonds. The van der Waals surface area contributed by atoms with Crippen LogP contribution >= 0.6 is 11.3 Å². The molecule has 1 aliphatic rings. The number of nitrogens with zero attached hydrogens (tertiary/aromatic N) is 3. The number of para-hydroxylation sites is 4. The number of hydrogen-bond acceptors (Lipinski definition) is 2. The monoisotopic (exact) mass is 949 g/mol. The summed E-state index contributed by atoms with van der Waals surface area (Å²) in [5.41, 5.74) is 20.5. The van der Waals surface area contributed by atoms with Gasteiger partial charge in [-0.3, -0.25) is 0 Å². The zero-order valence-corrected chi connectivity index (χ0v) is 41.2. The molecule has 0 N–H and O–H groups in total. The fourth-order valence-corrected chi connectivity index (χ4v) is 13.5.